The van der Waals surface area contributed by atoms with Crippen LogP contribution in [0.25, 0.3) is 6.08 Å². The summed E-state index contributed by atoms with van der Waals surface area (Å²) in [5, 5.41) is 0.483. The normalized spacial score (nSPS) is 14.8. The zero-order chi connectivity index (χ0) is 18.7. The third-order valence-corrected chi connectivity index (χ3v) is 3.96. The first kappa shape index (κ1) is 17.8. The van der Waals surface area contributed by atoms with Gasteiger partial charge in [-0.25, -0.2) is 9.79 Å². The van der Waals surface area contributed by atoms with Gasteiger partial charge in [-0.15, -0.1) is 0 Å². The number of carbonyl (C=O) groups excluding carboxylic acids is 1. The molecule has 0 bridgehead atoms. The third-order valence-electron chi connectivity index (χ3n) is 3.72. The molecule has 0 radical (unpaired) electrons. The number of aliphatic imine (C=N–C) groups is 1. The van der Waals surface area contributed by atoms with Gasteiger partial charge < -0.3 is 18.9 Å². The molecular weight excluding hydrogens is 358 g/mol. The number of halogens is 1. The highest BCUT2D eigenvalue weighted by molar-refractivity contribution is 6.31. The minimum atomic E-state index is -0.559. The van der Waals surface area contributed by atoms with Crippen LogP contribution in [0.3, 0.4) is 0 Å². The second-order valence-electron chi connectivity index (χ2n) is 5.30. The van der Waals surface area contributed by atoms with E-state index in [1.54, 1.807) is 56.7 Å². The smallest absolute Gasteiger partial charge is 0.363 e. The largest absolute Gasteiger partial charge is 0.496 e. The van der Waals surface area contributed by atoms with Crippen molar-refractivity contribution in [1.82, 2.24) is 0 Å². The molecule has 1 aliphatic heterocycles. The lowest BCUT2D eigenvalue weighted by Crippen LogP contribution is -2.07. The molecule has 0 N–H and O–H groups in total. The first-order valence-corrected chi connectivity index (χ1v) is 8.02. The molecule has 0 saturated carbocycles. The second kappa shape index (κ2) is 7.49. The SMILES string of the molecule is COc1ccc(/C=C2\N=C(c3cc(Cl)ccc3OC)OC2=O)cc1OC. The van der Waals surface area contributed by atoms with Gasteiger partial charge in [0.2, 0.25) is 5.90 Å². The van der Waals surface area contributed by atoms with Gasteiger partial charge in [0.1, 0.15) is 5.75 Å². The Labute approximate surface area is 155 Å². The second-order valence-corrected chi connectivity index (χ2v) is 5.73. The van der Waals surface area contributed by atoms with Crippen molar-refractivity contribution in [2.45, 2.75) is 0 Å². The van der Waals surface area contributed by atoms with Crippen LogP contribution >= 0.6 is 11.6 Å². The summed E-state index contributed by atoms with van der Waals surface area (Å²) in [7, 11) is 4.62. The highest BCUT2D eigenvalue weighted by Crippen LogP contribution is 2.30. The molecule has 1 heterocycles. The van der Waals surface area contributed by atoms with E-state index in [0.29, 0.717) is 27.8 Å². The van der Waals surface area contributed by atoms with E-state index >= 15 is 0 Å². The lowest BCUT2D eigenvalue weighted by molar-refractivity contribution is -0.129. The molecule has 134 valence electrons. The Hall–Kier alpha value is -2.99. The highest BCUT2D eigenvalue weighted by atomic mass is 35.5. The van der Waals surface area contributed by atoms with Gasteiger partial charge in [-0.3, -0.25) is 0 Å². The molecule has 26 heavy (non-hydrogen) atoms. The summed E-state index contributed by atoms with van der Waals surface area (Å²) in [6, 6.07) is 10.3. The molecular formula is C19H16ClNO5. The molecule has 0 amide bonds. The number of carbonyl (C=O) groups is 1. The summed E-state index contributed by atoms with van der Waals surface area (Å²) >= 11 is 6.03. The summed E-state index contributed by atoms with van der Waals surface area (Å²) in [4.78, 5) is 16.5. The zero-order valence-corrected chi connectivity index (χ0v) is 15.2. The van der Waals surface area contributed by atoms with Gasteiger partial charge in [0.25, 0.3) is 0 Å². The van der Waals surface area contributed by atoms with Crippen LogP contribution in [0.4, 0.5) is 0 Å². The van der Waals surface area contributed by atoms with Crippen molar-refractivity contribution in [3.05, 3.63) is 58.2 Å². The molecule has 0 spiro atoms. The van der Waals surface area contributed by atoms with Gasteiger partial charge in [0, 0.05) is 5.02 Å². The summed E-state index contributed by atoms with van der Waals surface area (Å²) in [5.41, 5.74) is 1.39. The number of esters is 1. The van der Waals surface area contributed by atoms with Crippen molar-refractivity contribution in [2.75, 3.05) is 21.3 Å². The molecule has 0 saturated heterocycles. The summed E-state index contributed by atoms with van der Waals surface area (Å²) in [6.07, 6.45) is 1.61. The van der Waals surface area contributed by atoms with Gasteiger partial charge in [-0.1, -0.05) is 17.7 Å². The quantitative estimate of drug-likeness (QED) is 0.590. The standard InChI is InChI=1S/C19H16ClNO5/c1-23-15-7-5-12(20)10-13(15)18-21-14(19(22)26-18)8-11-4-6-16(24-2)17(9-11)25-3/h4-10H,1-3H3/b14-8-. The fourth-order valence-electron chi connectivity index (χ4n) is 2.47. The lowest BCUT2D eigenvalue weighted by atomic mass is 10.1. The fraction of sp³-hybridized carbons (Fsp3) is 0.158. The predicted molar refractivity (Wildman–Crippen MR) is 98.2 cm³/mol. The third kappa shape index (κ3) is 3.50. The van der Waals surface area contributed by atoms with Crippen LogP contribution < -0.4 is 14.2 Å². The molecule has 3 rings (SSSR count). The minimum absolute atomic E-state index is 0.140. The molecule has 0 unspecified atom stereocenters. The predicted octanol–water partition coefficient (Wildman–Crippen LogP) is 3.71. The number of hydrogen-bond acceptors (Lipinski definition) is 6. The Bertz CT molecular complexity index is 920. The van der Waals surface area contributed by atoms with Crippen LogP contribution in [-0.2, 0) is 9.53 Å². The van der Waals surface area contributed by atoms with Crippen LogP contribution in [0.2, 0.25) is 5.02 Å². The average Bonchev–Trinajstić information content (AvgIpc) is 3.02. The van der Waals surface area contributed by atoms with Gasteiger partial charge in [-0.2, -0.15) is 0 Å². The van der Waals surface area contributed by atoms with Crippen molar-refractivity contribution in [2.24, 2.45) is 4.99 Å². The van der Waals surface area contributed by atoms with E-state index in [-0.39, 0.29) is 11.6 Å². The number of nitrogens with zero attached hydrogens (tertiary/aromatic N) is 1. The maximum Gasteiger partial charge on any atom is 0.363 e. The van der Waals surface area contributed by atoms with Crippen molar-refractivity contribution in [1.29, 1.82) is 0 Å². The number of rotatable bonds is 5. The van der Waals surface area contributed by atoms with Crippen LogP contribution in [0, 0.1) is 0 Å². The van der Waals surface area contributed by atoms with E-state index in [1.807, 2.05) is 0 Å². The molecule has 2 aromatic carbocycles. The Kier molecular flexibility index (Phi) is 5.14. The number of ether oxygens (including phenoxy) is 4. The van der Waals surface area contributed by atoms with E-state index in [9.17, 15) is 4.79 Å². The summed E-state index contributed by atoms with van der Waals surface area (Å²) in [6.45, 7) is 0. The van der Waals surface area contributed by atoms with Crippen molar-refractivity contribution in [3.63, 3.8) is 0 Å². The Morgan fingerprint density at radius 2 is 1.65 bits per heavy atom. The Balaban J connectivity index is 1.98. The lowest BCUT2D eigenvalue weighted by Gasteiger charge is -2.07. The van der Waals surface area contributed by atoms with Gasteiger partial charge >= 0.3 is 5.97 Å². The molecule has 2 aromatic rings. The summed E-state index contributed by atoms with van der Waals surface area (Å²) in [5.74, 6) is 1.23. The molecule has 0 aromatic heterocycles. The van der Waals surface area contributed by atoms with E-state index in [2.05, 4.69) is 4.99 Å². The molecule has 0 aliphatic carbocycles. The molecule has 6 nitrogen and oxygen atoms in total. The van der Waals surface area contributed by atoms with Crippen LogP contribution in [0.15, 0.2) is 47.1 Å². The number of hydrogen-bond donors (Lipinski definition) is 0. The van der Waals surface area contributed by atoms with Crippen molar-refractivity contribution < 1.29 is 23.7 Å². The maximum absolute atomic E-state index is 12.2. The zero-order valence-electron chi connectivity index (χ0n) is 14.4. The Morgan fingerprint density at radius 3 is 2.35 bits per heavy atom. The molecule has 0 fully saturated rings. The molecule has 0 atom stereocenters. The van der Waals surface area contributed by atoms with Crippen LogP contribution in [0.5, 0.6) is 17.2 Å². The van der Waals surface area contributed by atoms with Gasteiger partial charge in [-0.05, 0) is 42.0 Å². The fourth-order valence-corrected chi connectivity index (χ4v) is 2.64. The first-order valence-electron chi connectivity index (χ1n) is 7.64. The monoisotopic (exact) mass is 373 g/mol. The van der Waals surface area contributed by atoms with E-state index in [4.69, 9.17) is 30.5 Å². The van der Waals surface area contributed by atoms with Crippen molar-refractivity contribution in [3.8, 4) is 17.2 Å². The number of cyclic esters (lactones) is 1. The average molecular weight is 374 g/mol. The van der Waals surface area contributed by atoms with Crippen LogP contribution in [0.1, 0.15) is 11.1 Å². The number of methoxy groups -OCH3 is 3. The molecule has 1 aliphatic rings. The van der Waals surface area contributed by atoms with Gasteiger partial charge in [0.15, 0.2) is 17.2 Å². The van der Waals surface area contributed by atoms with E-state index in [1.165, 1.54) is 7.11 Å². The van der Waals surface area contributed by atoms with Gasteiger partial charge in [0.05, 0.1) is 26.9 Å². The van der Waals surface area contributed by atoms with E-state index in [0.717, 1.165) is 5.56 Å². The first-order chi connectivity index (χ1) is 12.5. The Morgan fingerprint density at radius 1 is 0.962 bits per heavy atom. The maximum atomic E-state index is 12.2. The number of benzene rings is 2. The van der Waals surface area contributed by atoms with Crippen LogP contribution in [-0.4, -0.2) is 33.2 Å². The van der Waals surface area contributed by atoms with E-state index < -0.39 is 5.97 Å². The minimum Gasteiger partial charge on any atom is -0.496 e. The molecule has 7 heteroatoms. The summed E-state index contributed by atoms with van der Waals surface area (Å²) < 4.78 is 21.0. The van der Waals surface area contributed by atoms with Crippen molar-refractivity contribution >= 4 is 29.5 Å². The topological polar surface area (TPSA) is 66.3 Å². The highest BCUT2D eigenvalue weighted by Gasteiger charge is 2.26.